The minimum Gasteiger partial charge on any atom is -0.478 e. The molecule has 102 valence electrons. The van der Waals surface area contributed by atoms with Crippen molar-refractivity contribution in [1.82, 2.24) is 14.7 Å². The highest BCUT2D eigenvalue weighted by molar-refractivity contribution is 6.01. The van der Waals surface area contributed by atoms with Crippen LogP contribution < -0.4 is 0 Å². The van der Waals surface area contributed by atoms with E-state index >= 15 is 0 Å². The van der Waals surface area contributed by atoms with E-state index in [9.17, 15) is 9.90 Å². The third kappa shape index (κ3) is 1.95. The van der Waals surface area contributed by atoms with Gasteiger partial charge in [0.25, 0.3) is 0 Å². The fraction of sp³-hybridized carbons (Fsp3) is 0.214. The number of hydrogen-bond acceptors (Lipinski definition) is 4. The number of hydrogen-bond donors (Lipinski definition) is 1. The number of nitrogens with zero attached hydrogens (tertiary/aromatic N) is 3. The van der Waals surface area contributed by atoms with Crippen molar-refractivity contribution in [1.29, 1.82) is 0 Å². The number of carbonyl (C=O) groups is 1. The van der Waals surface area contributed by atoms with E-state index in [4.69, 9.17) is 4.52 Å². The van der Waals surface area contributed by atoms with E-state index in [0.29, 0.717) is 17.6 Å². The van der Waals surface area contributed by atoms with E-state index in [0.717, 1.165) is 17.3 Å². The van der Waals surface area contributed by atoms with E-state index in [2.05, 4.69) is 10.1 Å². The third-order valence-corrected chi connectivity index (χ3v) is 3.18. The van der Waals surface area contributed by atoms with Crippen LogP contribution in [0, 0.1) is 13.8 Å². The predicted octanol–water partition coefficient (Wildman–Crippen LogP) is 2.39. The molecule has 0 atom stereocenters. The van der Waals surface area contributed by atoms with E-state index in [1.165, 1.54) is 0 Å². The summed E-state index contributed by atoms with van der Waals surface area (Å²) in [6.45, 7) is 4.10. The zero-order valence-corrected chi connectivity index (χ0v) is 11.1. The minimum absolute atomic E-state index is 0.239. The number of aromatic nitrogens is 3. The van der Waals surface area contributed by atoms with Crippen LogP contribution in [0.2, 0.25) is 0 Å². The first-order valence-corrected chi connectivity index (χ1v) is 6.17. The van der Waals surface area contributed by atoms with E-state index < -0.39 is 5.97 Å². The molecule has 1 N–H and O–H groups in total. The molecular formula is C14H13N3O3. The van der Waals surface area contributed by atoms with Gasteiger partial charge in [-0.05, 0) is 26.0 Å². The molecule has 0 aliphatic rings. The quantitative estimate of drug-likeness (QED) is 0.791. The number of carboxylic acids is 1. The average molecular weight is 271 g/mol. The zero-order valence-electron chi connectivity index (χ0n) is 11.1. The average Bonchev–Trinajstić information content (AvgIpc) is 2.94. The van der Waals surface area contributed by atoms with Gasteiger partial charge < -0.3 is 14.2 Å². The molecule has 0 aliphatic heterocycles. The van der Waals surface area contributed by atoms with Crippen LogP contribution in [-0.2, 0) is 6.54 Å². The highest BCUT2D eigenvalue weighted by Gasteiger charge is 2.16. The highest BCUT2D eigenvalue weighted by Crippen LogP contribution is 2.21. The molecule has 1 aromatic carbocycles. The topological polar surface area (TPSA) is 81.2 Å². The maximum Gasteiger partial charge on any atom is 0.337 e. The second-order valence-corrected chi connectivity index (χ2v) is 4.65. The van der Waals surface area contributed by atoms with Gasteiger partial charge in [0, 0.05) is 6.07 Å². The number of aryl methyl sites for hydroxylation is 2. The molecule has 0 fully saturated rings. The van der Waals surface area contributed by atoms with Gasteiger partial charge in [-0.3, -0.25) is 0 Å². The first-order valence-electron chi connectivity index (χ1n) is 6.17. The predicted molar refractivity (Wildman–Crippen MR) is 71.8 cm³/mol. The molecule has 0 saturated heterocycles. The summed E-state index contributed by atoms with van der Waals surface area (Å²) < 4.78 is 6.89. The van der Waals surface area contributed by atoms with Crippen LogP contribution in [0.1, 0.15) is 27.6 Å². The summed E-state index contributed by atoms with van der Waals surface area (Å²) in [6.07, 6.45) is 0. The van der Waals surface area contributed by atoms with Crippen LogP contribution in [0.3, 0.4) is 0 Å². The Balaban J connectivity index is 2.18. The summed E-state index contributed by atoms with van der Waals surface area (Å²) in [4.78, 5) is 15.8. The Bertz CT molecular complexity index is 801. The molecular weight excluding hydrogens is 258 g/mol. The van der Waals surface area contributed by atoms with E-state index in [-0.39, 0.29) is 5.56 Å². The van der Waals surface area contributed by atoms with Crippen LogP contribution >= 0.6 is 0 Å². The molecule has 0 radical (unpaired) electrons. The van der Waals surface area contributed by atoms with Crippen molar-refractivity contribution in [2.45, 2.75) is 20.4 Å². The molecule has 2 heterocycles. The standard InChI is InChI=1S/C14H13N3O3/c1-8-6-10(16-20-8)7-17-9(2)15-12-5-3-4-11(13(12)17)14(18)19/h3-6H,7H2,1-2H3,(H,18,19). The van der Waals surface area contributed by atoms with Gasteiger partial charge in [0.05, 0.1) is 23.1 Å². The number of benzene rings is 1. The molecule has 0 saturated carbocycles. The number of para-hydroxylation sites is 1. The SMILES string of the molecule is Cc1cc(Cn2c(C)nc3cccc(C(=O)O)c32)no1. The van der Waals surface area contributed by atoms with Gasteiger partial charge >= 0.3 is 5.97 Å². The maximum atomic E-state index is 11.4. The number of fused-ring (bicyclic) bond motifs is 1. The molecule has 0 aliphatic carbocycles. The Morgan fingerprint density at radius 2 is 2.20 bits per heavy atom. The summed E-state index contributed by atoms with van der Waals surface area (Å²) in [7, 11) is 0. The van der Waals surface area contributed by atoms with Crippen molar-refractivity contribution in [2.24, 2.45) is 0 Å². The van der Waals surface area contributed by atoms with Crippen molar-refractivity contribution >= 4 is 17.0 Å². The van der Waals surface area contributed by atoms with Crippen LogP contribution in [0.4, 0.5) is 0 Å². The van der Waals surface area contributed by atoms with Crippen LogP contribution in [-0.4, -0.2) is 25.8 Å². The first-order chi connectivity index (χ1) is 9.56. The third-order valence-electron chi connectivity index (χ3n) is 3.18. The Labute approximate surface area is 114 Å². The lowest BCUT2D eigenvalue weighted by molar-refractivity contribution is 0.0698. The van der Waals surface area contributed by atoms with Gasteiger partial charge in [-0.25, -0.2) is 9.78 Å². The molecule has 2 aromatic heterocycles. The van der Waals surface area contributed by atoms with E-state index in [1.807, 2.05) is 24.5 Å². The Morgan fingerprint density at radius 1 is 1.40 bits per heavy atom. The van der Waals surface area contributed by atoms with Crippen molar-refractivity contribution in [3.05, 3.63) is 47.1 Å². The van der Waals surface area contributed by atoms with Crippen molar-refractivity contribution in [3.63, 3.8) is 0 Å². The fourth-order valence-electron chi connectivity index (χ4n) is 2.32. The van der Waals surface area contributed by atoms with Gasteiger partial charge in [-0.1, -0.05) is 11.2 Å². The molecule has 3 rings (SSSR count). The Hall–Kier alpha value is -2.63. The summed E-state index contributed by atoms with van der Waals surface area (Å²) in [5.74, 6) is 0.503. The zero-order chi connectivity index (χ0) is 14.3. The normalized spacial score (nSPS) is 11.1. The minimum atomic E-state index is -0.965. The summed E-state index contributed by atoms with van der Waals surface area (Å²) in [6, 6.07) is 6.91. The smallest absolute Gasteiger partial charge is 0.337 e. The molecule has 0 amide bonds. The van der Waals surface area contributed by atoms with Crippen LogP contribution in [0.25, 0.3) is 11.0 Å². The molecule has 6 heteroatoms. The lowest BCUT2D eigenvalue weighted by atomic mass is 10.2. The Morgan fingerprint density at radius 3 is 2.85 bits per heavy atom. The molecule has 0 unspecified atom stereocenters. The van der Waals surface area contributed by atoms with E-state index in [1.54, 1.807) is 18.2 Å². The number of aromatic carboxylic acids is 1. The Kier molecular flexibility index (Phi) is 2.78. The van der Waals surface area contributed by atoms with Gasteiger partial charge in [0.1, 0.15) is 17.3 Å². The fourth-order valence-corrected chi connectivity index (χ4v) is 2.32. The first kappa shape index (κ1) is 12.4. The summed E-state index contributed by atoms with van der Waals surface area (Å²) in [5, 5.41) is 13.3. The number of imidazole rings is 1. The lowest BCUT2D eigenvalue weighted by Gasteiger charge is -2.06. The van der Waals surface area contributed by atoms with Crippen molar-refractivity contribution in [2.75, 3.05) is 0 Å². The molecule has 3 aromatic rings. The maximum absolute atomic E-state index is 11.4. The molecule has 0 spiro atoms. The number of carboxylic acid groups (broad SMARTS) is 1. The monoisotopic (exact) mass is 271 g/mol. The van der Waals surface area contributed by atoms with Gasteiger partial charge in [0.2, 0.25) is 0 Å². The van der Waals surface area contributed by atoms with Crippen LogP contribution in [0.15, 0.2) is 28.8 Å². The van der Waals surface area contributed by atoms with Gasteiger partial charge in [-0.2, -0.15) is 0 Å². The molecule has 0 bridgehead atoms. The largest absolute Gasteiger partial charge is 0.478 e. The summed E-state index contributed by atoms with van der Waals surface area (Å²) in [5.41, 5.74) is 2.26. The lowest BCUT2D eigenvalue weighted by Crippen LogP contribution is -2.06. The van der Waals surface area contributed by atoms with Crippen molar-refractivity contribution in [3.8, 4) is 0 Å². The molecule has 6 nitrogen and oxygen atoms in total. The second kappa shape index (κ2) is 4.48. The second-order valence-electron chi connectivity index (χ2n) is 4.65. The van der Waals surface area contributed by atoms with Gasteiger partial charge in [0.15, 0.2) is 0 Å². The van der Waals surface area contributed by atoms with Crippen molar-refractivity contribution < 1.29 is 14.4 Å². The van der Waals surface area contributed by atoms with Gasteiger partial charge in [-0.15, -0.1) is 0 Å². The number of rotatable bonds is 3. The molecule has 20 heavy (non-hydrogen) atoms. The highest BCUT2D eigenvalue weighted by atomic mass is 16.5. The van der Waals surface area contributed by atoms with Crippen LogP contribution in [0.5, 0.6) is 0 Å². The summed E-state index contributed by atoms with van der Waals surface area (Å²) >= 11 is 0.